The van der Waals surface area contributed by atoms with E-state index in [1.165, 1.54) is 43.2 Å². The molecule has 0 radical (unpaired) electrons. The van der Waals surface area contributed by atoms with Crippen molar-refractivity contribution in [1.82, 2.24) is 5.32 Å². The van der Waals surface area contributed by atoms with Gasteiger partial charge in [0.25, 0.3) is 0 Å². The van der Waals surface area contributed by atoms with E-state index in [9.17, 15) is 4.79 Å². The molecule has 142 valence electrons. The third-order valence-electron chi connectivity index (χ3n) is 6.65. The van der Waals surface area contributed by atoms with Crippen molar-refractivity contribution in [2.24, 2.45) is 11.3 Å². The molecule has 3 aliphatic rings. The molecule has 1 N–H and O–H groups in total. The van der Waals surface area contributed by atoms with Gasteiger partial charge in [0.05, 0.1) is 5.41 Å². The van der Waals surface area contributed by atoms with E-state index < -0.39 is 5.41 Å². The molecule has 0 spiro atoms. The third kappa shape index (κ3) is 3.02. The second-order valence-electron chi connectivity index (χ2n) is 9.29. The summed E-state index contributed by atoms with van der Waals surface area (Å²) in [6.07, 6.45) is 7.68. The number of rotatable bonds is 3. The lowest BCUT2D eigenvalue weighted by atomic mass is 9.53. The van der Waals surface area contributed by atoms with Crippen LogP contribution in [0.3, 0.4) is 0 Å². The Morgan fingerprint density at radius 3 is 2.92 bits per heavy atom. The van der Waals surface area contributed by atoms with Gasteiger partial charge in [0, 0.05) is 11.5 Å². The number of hydrogen-bond acceptors (Lipinski definition) is 4. The van der Waals surface area contributed by atoms with Crippen LogP contribution in [-0.2, 0) is 21.4 Å². The van der Waals surface area contributed by atoms with Gasteiger partial charge in [-0.05, 0) is 82.2 Å². The lowest BCUT2D eigenvalue weighted by Gasteiger charge is -2.56. The van der Waals surface area contributed by atoms with E-state index in [4.69, 9.17) is 9.47 Å². The first-order chi connectivity index (χ1) is 12.4. The number of esters is 1. The predicted molar refractivity (Wildman–Crippen MR) is 101 cm³/mol. The Labute approximate surface area is 156 Å². The Kier molecular flexibility index (Phi) is 4.50. The topological polar surface area (TPSA) is 47.6 Å². The van der Waals surface area contributed by atoms with Crippen LogP contribution >= 0.6 is 0 Å². The fourth-order valence-electron chi connectivity index (χ4n) is 5.36. The number of nitrogens with one attached hydrogen (secondary N) is 1. The van der Waals surface area contributed by atoms with Gasteiger partial charge in [-0.2, -0.15) is 0 Å². The highest BCUT2D eigenvalue weighted by Crippen LogP contribution is 2.54. The van der Waals surface area contributed by atoms with Gasteiger partial charge in [-0.25, -0.2) is 0 Å². The normalized spacial score (nSPS) is 30.1. The molecular weight excluding hydrogens is 326 g/mol. The van der Waals surface area contributed by atoms with E-state index in [1.54, 1.807) is 0 Å². The zero-order chi connectivity index (χ0) is 18.4. The summed E-state index contributed by atoms with van der Waals surface area (Å²) < 4.78 is 11.1. The van der Waals surface area contributed by atoms with Crippen molar-refractivity contribution in [2.75, 3.05) is 13.3 Å². The lowest BCUT2D eigenvalue weighted by molar-refractivity contribution is -0.159. The molecule has 0 aromatic heterocycles. The summed E-state index contributed by atoms with van der Waals surface area (Å²) in [5.41, 5.74) is 2.79. The molecule has 3 atom stereocenters. The second-order valence-corrected chi connectivity index (χ2v) is 9.29. The molecule has 4 rings (SSSR count). The largest absolute Gasteiger partial charge is 0.457 e. The summed E-state index contributed by atoms with van der Waals surface area (Å²) in [4.78, 5) is 11.9. The molecule has 1 heterocycles. The zero-order valence-electron chi connectivity index (χ0n) is 16.3. The number of piperidine rings is 1. The van der Waals surface area contributed by atoms with E-state index in [2.05, 4.69) is 17.4 Å². The quantitative estimate of drug-likeness (QED) is 0.657. The van der Waals surface area contributed by atoms with Crippen molar-refractivity contribution in [2.45, 2.75) is 70.8 Å². The average molecular weight is 357 g/mol. The first kappa shape index (κ1) is 17.8. The van der Waals surface area contributed by atoms with Crippen molar-refractivity contribution >= 4 is 5.97 Å². The SMILES string of the molecule is CC(C)(C)C(=O)OCOc1ccc2c(c1)[C@@]13CCCC[C@@H]1[C@H](C2)NCC3. The lowest BCUT2D eigenvalue weighted by Crippen LogP contribution is -2.59. The van der Waals surface area contributed by atoms with Crippen LogP contribution in [-0.4, -0.2) is 25.3 Å². The summed E-state index contributed by atoms with van der Waals surface area (Å²) in [5, 5.41) is 3.77. The molecule has 2 bridgehead atoms. The van der Waals surface area contributed by atoms with Crippen molar-refractivity contribution in [1.29, 1.82) is 0 Å². The average Bonchev–Trinajstić information content (AvgIpc) is 2.61. The number of benzene rings is 1. The van der Waals surface area contributed by atoms with Crippen molar-refractivity contribution in [3.05, 3.63) is 29.3 Å². The van der Waals surface area contributed by atoms with Gasteiger partial charge >= 0.3 is 5.97 Å². The molecule has 1 saturated heterocycles. The van der Waals surface area contributed by atoms with Crippen molar-refractivity contribution in [3.63, 3.8) is 0 Å². The molecular formula is C22H31NO3. The molecule has 4 nitrogen and oxygen atoms in total. The molecule has 2 fully saturated rings. The summed E-state index contributed by atoms with van der Waals surface area (Å²) in [5.74, 6) is 1.34. The Morgan fingerprint density at radius 1 is 1.27 bits per heavy atom. The second kappa shape index (κ2) is 6.56. The summed E-state index contributed by atoms with van der Waals surface area (Å²) in [6.45, 7) is 6.66. The molecule has 1 aromatic rings. The summed E-state index contributed by atoms with van der Waals surface area (Å²) >= 11 is 0. The minimum Gasteiger partial charge on any atom is -0.457 e. The fourth-order valence-corrected chi connectivity index (χ4v) is 5.36. The van der Waals surface area contributed by atoms with Crippen molar-refractivity contribution < 1.29 is 14.3 Å². The maximum Gasteiger partial charge on any atom is 0.314 e. The van der Waals surface area contributed by atoms with E-state index in [0.29, 0.717) is 11.5 Å². The molecule has 1 saturated carbocycles. The molecule has 4 heteroatoms. The molecule has 1 aliphatic heterocycles. The van der Waals surface area contributed by atoms with Gasteiger partial charge in [0.1, 0.15) is 5.75 Å². The maximum atomic E-state index is 11.9. The van der Waals surface area contributed by atoms with Crippen LogP contribution < -0.4 is 10.1 Å². The minimum absolute atomic E-state index is 0.0184. The molecule has 26 heavy (non-hydrogen) atoms. The van der Waals surface area contributed by atoms with Gasteiger partial charge in [0.2, 0.25) is 6.79 Å². The van der Waals surface area contributed by atoms with Crippen LogP contribution in [0.5, 0.6) is 5.75 Å². The van der Waals surface area contributed by atoms with Crippen LogP contribution in [0.2, 0.25) is 0 Å². The fraction of sp³-hybridized carbons (Fsp3) is 0.682. The molecule has 1 aromatic carbocycles. The zero-order valence-corrected chi connectivity index (χ0v) is 16.3. The Hall–Kier alpha value is -1.55. The van der Waals surface area contributed by atoms with E-state index in [1.807, 2.05) is 26.8 Å². The van der Waals surface area contributed by atoms with Crippen LogP contribution in [0.4, 0.5) is 0 Å². The number of ether oxygens (including phenoxy) is 2. The standard InChI is InChI=1S/C22H31NO3/c1-21(2,3)20(24)26-14-25-16-8-7-15-12-19-17-6-4-5-9-22(17,10-11-23-19)18(15)13-16/h7-8,13,17,19,23H,4-6,9-12,14H2,1-3H3/t17-,19+,22-/m1/s1. The molecule has 0 amide bonds. The van der Waals surface area contributed by atoms with E-state index in [-0.39, 0.29) is 12.8 Å². The smallest absolute Gasteiger partial charge is 0.314 e. The Bertz CT molecular complexity index is 689. The third-order valence-corrected chi connectivity index (χ3v) is 6.65. The van der Waals surface area contributed by atoms with Gasteiger partial charge < -0.3 is 14.8 Å². The van der Waals surface area contributed by atoms with Gasteiger partial charge in [-0.15, -0.1) is 0 Å². The van der Waals surface area contributed by atoms with Crippen LogP contribution in [0.25, 0.3) is 0 Å². The van der Waals surface area contributed by atoms with Crippen LogP contribution in [0.15, 0.2) is 18.2 Å². The molecule has 2 aliphatic carbocycles. The van der Waals surface area contributed by atoms with E-state index in [0.717, 1.165) is 24.6 Å². The number of carbonyl (C=O) groups excluding carboxylic acids is 1. The summed E-state index contributed by atoms with van der Waals surface area (Å²) in [6, 6.07) is 7.12. The minimum atomic E-state index is -0.502. The number of fused-ring (bicyclic) bond motifs is 1. The highest BCUT2D eigenvalue weighted by molar-refractivity contribution is 5.75. The first-order valence-electron chi connectivity index (χ1n) is 10.1. The van der Waals surface area contributed by atoms with Gasteiger partial charge in [0.15, 0.2) is 0 Å². The Balaban J connectivity index is 1.54. The van der Waals surface area contributed by atoms with Gasteiger partial charge in [-0.3, -0.25) is 4.79 Å². The molecule has 0 unspecified atom stereocenters. The summed E-state index contributed by atoms with van der Waals surface area (Å²) in [7, 11) is 0. The number of hydrogen-bond donors (Lipinski definition) is 1. The van der Waals surface area contributed by atoms with Crippen LogP contribution in [0, 0.1) is 11.3 Å². The van der Waals surface area contributed by atoms with Crippen LogP contribution in [0.1, 0.15) is 64.0 Å². The van der Waals surface area contributed by atoms with Gasteiger partial charge in [-0.1, -0.05) is 18.9 Å². The number of carbonyl (C=O) groups is 1. The maximum absolute atomic E-state index is 11.9. The first-order valence-corrected chi connectivity index (χ1v) is 10.1. The monoisotopic (exact) mass is 357 g/mol. The van der Waals surface area contributed by atoms with Crippen molar-refractivity contribution in [3.8, 4) is 5.75 Å². The van der Waals surface area contributed by atoms with E-state index >= 15 is 0 Å². The Morgan fingerprint density at radius 2 is 2.12 bits per heavy atom. The predicted octanol–water partition coefficient (Wildman–Crippen LogP) is 3.96. The highest BCUT2D eigenvalue weighted by atomic mass is 16.7. The highest BCUT2D eigenvalue weighted by Gasteiger charge is 2.51.